The Morgan fingerprint density at radius 2 is 1.78 bits per heavy atom. The van der Waals surface area contributed by atoms with Crippen molar-refractivity contribution in [3.63, 3.8) is 0 Å². The Hall–Kier alpha value is -2.66. The molecule has 1 N–H and O–H groups in total. The van der Waals surface area contributed by atoms with Crippen LogP contribution in [0.25, 0.3) is 11.5 Å². The third-order valence-corrected chi connectivity index (χ3v) is 3.50. The molecule has 23 heavy (non-hydrogen) atoms. The van der Waals surface area contributed by atoms with Gasteiger partial charge in [-0.1, -0.05) is 46.5 Å². The number of benzene rings is 2. The third kappa shape index (κ3) is 3.96. The molecule has 2 aromatic carbocycles. The number of carbonyl (C=O) groups is 1. The van der Waals surface area contributed by atoms with Gasteiger partial charge in [0.15, 0.2) is 0 Å². The summed E-state index contributed by atoms with van der Waals surface area (Å²) in [6.07, 6.45) is 0.249. The highest BCUT2D eigenvalue weighted by Crippen LogP contribution is 2.21. The molecule has 116 valence electrons. The number of aromatic nitrogens is 2. The van der Waals surface area contributed by atoms with Gasteiger partial charge in [-0.05, 0) is 36.8 Å². The summed E-state index contributed by atoms with van der Waals surface area (Å²) in [5.74, 6) is 0.118. The molecule has 0 spiro atoms. The monoisotopic (exact) mass is 327 g/mol. The zero-order valence-electron chi connectivity index (χ0n) is 12.4. The minimum absolute atomic E-state index is 0.0760. The van der Waals surface area contributed by atoms with E-state index >= 15 is 0 Å². The Morgan fingerprint density at radius 3 is 2.48 bits per heavy atom. The molecule has 0 atom stereocenters. The van der Waals surface area contributed by atoms with Crippen LogP contribution in [-0.2, 0) is 11.2 Å². The number of carbonyl (C=O) groups excluding carboxylic acids is 1. The van der Waals surface area contributed by atoms with E-state index in [0.29, 0.717) is 10.9 Å². The van der Waals surface area contributed by atoms with Crippen LogP contribution in [0.4, 0.5) is 6.01 Å². The van der Waals surface area contributed by atoms with Gasteiger partial charge in [-0.15, -0.1) is 5.10 Å². The molecule has 0 bridgehead atoms. The highest BCUT2D eigenvalue weighted by Gasteiger charge is 2.11. The first kappa shape index (κ1) is 15.2. The summed E-state index contributed by atoms with van der Waals surface area (Å²) in [6, 6.07) is 14.9. The predicted molar refractivity (Wildman–Crippen MR) is 88.3 cm³/mol. The van der Waals surface area contributed by atoms with Crippen LogP contribution in [0.3, 0.4) is 0 Å². The summed E-state index contributed by atoms with van der Waals surface area (Å²) in [5, 5.41) is 11.0. The average molecular weight is 328 g/mol. The maximum atomic E-state index is 12.0. The van der Waals surface area contributed by atoms with Gasteiger partial charge < -0.3 is 4.42 Å². The molecule has 0 aliphatic rings. The van der Waals surface area contributed by atoms with Crippen LogP contribution >= 0.6 is 11.6 Å². The van der Waals surface area contributed by atoms with Crippen LogP contribution in [-0.4, -0.2) is 16.1 Å². The van der Waals surface area contributed by atoms with Crippen molar-refractivity contribution in [1.82, 2.24) is 10.2 Å². The second kappa shape index (κ2) is 6.62. The minimum atomic E-state index is -0.208. The fraction of sp³-hybridized carbons (Fsp3) is 0.118. The van der Waals surface area contributed by atoms with Crippen LogP contribution in [0.2, 0.25) is 5.02 Å². The molecule has 0 saturated heterocycles. The lowest BCUT2D eigenvalue weighted by Gasteiger charge is -2.01. The maximum Gasteiger partial charge on any atom is 0.322 e. The molecule has 3 rings (SSSR count). The number of nitrogens with zero attached hydrogens (tertiary/aromatic N) is 2. The SMILES string of the molecule is Cc1ccc(CC(=O)Nc2nnc(-c3ccc(Cl)cc3)o2)cc1. The average Bonchev–Trinajstić information content (AvgIpc) is 2.98. The predicted octanol–water partition coefficient (Wildman–Crippen LogP) is 3.88. The number of anilines is 1. The summed E-state index contributed by atoms with van der Waals surface area (Å²) < 4.78 is 5.44. The van der Waals surface area contributed by atoms with Crippen molar-refractivity contribution >= 4 is 23.5 Å². The first-order valence-corrected chi connectivity index (χ1v) is 7.43. The molecule has 1 aromatic heterocycles. The van der Waals surface area contributed by atoms with E-state index in [-0.39, 0.29) is 18.3 Å². The summed E-state index contributed by atoms with van der Waals surface area (Å²) in [7, 11) is 0. The van der Waals surface area contributed by atoms with Gasteiger partial charge in [0.2, 0.25) is 11.8 Å². The Morgan fingerprint density at radius 1 is 1.09 bits per heavy atom. The van der Waals surface area contributed by atoms with E-state index in [9.17, 15) is 4.79 Å². The van der Waals surface area contributed by atoms with Crippen LogP contribution in [0.15, 0.2) is 52.9 Å². The van der Waals surface area contributed by atoms with Crippen molar-refractivity contribution < 1.29 is 9.21 Å². The van der Waals surface area contributed by atoms with Crippen molar-refractivity contribution in [2.45, 2.75) is 13.3 Å². The number of nitrogens with one attached hydrogen (secondary N) is 1. The number of rotatable bonds is 4. The molecule has 5 nitrogen and oxygen atoms in total. The lowest BCUT2D eigenvalue weighted by Crippen LogP contribution is -2.14. The normalized spacial score (nSPS) is 10.5. The van der Waals surface area contributed by atoms with Gasteiger partial charge in [0.25, 0.3) is 0 Å². The fourth-order valence-corrected chi connectivity index (χ4v) is 2.16. The van der Waals surface area contributed by atoms with Crippen molar-refractivity contribution in [2.24, 2.45) is 0 Å². The Labute approximate surface area is 138 Å². The van der Waals surface area contributed by atoms with Crippen LogP contribution in [0.5, 0.6) is 0 Å². The van der Waals surface area contributed by atoms with E-state index in [0.717, 1.165) is 16.7 Å². The van der Waals surface area contributed by atoms with E-state index < -0.39 is 0 Å². The lowest BCUT2D eigenvalue weighted by molar-refractivity contribution is -0.115. The van der Waals surface area contributed by atoms with Gasteiger partial charge in [0.05, 0.1) is 6.42 Å². The molecule has 3 aromatic rings. The number of aryl methyl sites for hydroxylation is 1. The third-order valence-electron chi connectivity index (χ3n) is 3.25. The van der Waals surface area contributed by atoms with Gasteiger partial charge in [0.1, 0.15) is 0 Å². The topological polar surface area (TPSA) is 68.0 Å². The number of amides is 1. The van der Waals surface area contributed by atoms with Gasteiger partial charge in [-0.3, -0.25) is 10.1 Å². The Bertz CT molecular complexity index is 811. The molecule has 0 fully saturated rings. The van der Waals surface area contributed by atoms with Gasteiger partial charge in [0, 0.05) is 10.6 Å². The van der Waals surface area contributed by atoms with Crippen LogP contribution < -0.4 is 5.32 Å². The number of halogens is 1. The second-order valence-corrected chi connectivity index (χ2v) is 5.57. The molecule has 0 aliphatic heterocycles. The maximum absolute atomic E-state index is 12.0. The number of hydrogen-bond acceptors (Lipinski definition) is 4. The summed E-state index contributed by atoms with van der Waals surface area (Å²) in [6.45, 7) is 2.00. The highest BCUT2D eigenvalue weighted by atomic mass is 35.5. The lowest BCUT2D eigenvalue weighted by atomic mass is 10.1. The van der Waals surface area contributed by atoms with Gasteiger partial charge in [-0.25, -0.2) is 0 Å². The highest BCUT2D eigenvalue weighted by molar-refractivity contribution is 6.30. The quantitative estimate of drug-likeness (QED) is 0.789. The Balaban J connectivity index is 1.65. The van der Waals surface area contributed by atoms with E-state index in [1.807, 2.05) is 31.2 Å². The second-order valence-electron chi connectivity index (χ2n) is 5.13. The molecule has 6 heteroatoms. The van der Waals surface area contributed by atoms with Crippen molar-refractivity contribution in [3.8, 4) is 11.5 Å². The smallest absolute Gasteiger partial charge is 0.322 e. The molecular formula is C17H14ClN3O2. The molecule has 1 heterocycles. The van der Waals surface area contributed by atoms with Crippen LogP contribution in [0.1, 0.15) is 11.1 Å². The standard InChI is InChI=1S/C17H14ClN3O2/c1-11-2-4-12(5-3-11)10-15(22)19-17-21-20-16(23-17)13-6-8-14(18)9-7-13/h2-9H,10H2,1H3,(H,19,21,22). The summed E-state index contributed by atoms with van der Waals surface area (Å²) in [4.78, 5) is 12.0. The van der Waals surface area contributed by atoms with E-state index in [1.165, 1.54) is 0 Å². The molecule has 0 aliphatic carbocycles. The van der Waals surface area contributed by atoms with Crippen molar-refractivity contribution in [3.05, 3.63) is 64.7 Å². The molecule has 1 amide bonds. The zero-order chi connectivity index (χ0) is 16.2. The van der Waals surface area contributed by atoms with Crippen molar-refractivity contribution in [1.29, 1.82) is 0 Å². The van der Waals surface area contributed by atoms with Crippen molar-refractivity contribution in [2.75, 3.05) is 5.32 Å². The number of hydrogen-bond donors (Lipinski definition) is 1. The first-order valence-electron chi connectivity index (χ1n) is 7.05. The van der Waals surface area contributed by atoms with Gasteiger partial charge >= 0.3 is 6.01 Å². The zero-order valence-corrected chi connectivity index (χ0v) is 13.2. The largest absolute Gasteiger partial charge is 0.403 e. The molecular weight excluding hydrogens is 314 g/mol. The molecule has 0 unspecified atom stereocenters. The summed E-state index contributed by atoms with van der Waals surface area (Å²) in [5.41, 5.74) is 2.81. The van der Waals surface area contributed by atoms with E-state index in [2.05, 4.69) is 15.5 Å². The minimum Gasteiger partial charge on any atom is -0.403 e. The van der Waals surface area contributed by atoms with E-state index in [1.54, 1.807) is 24.3 Å². The fourth-order valence-electron chi connectivity index (χ4n) is 2.04. The Kier molecular flexibility index (Phi) is 4.39. The summed E-state index contributed by atoms with van der Waals surface area (Å²) >= 11 is 5.84. The molecule has 0 saturated carbocycles. The van der Waals surface area contributed by atoms with Gasteiger partial charge in [-0.2, -0.15) is 0 Å². The molecule has 0 radical (unpaired) electrons. The first-order chi connectivity index (χ1) is 11.1. The van der Waals surface area contributed by atoms with E-state index in [4.69, 9.17) is 16.0 Å². The van der Waals surface area contributed by atoms with Crippen LogP contribution in [0, 0.1) is 6.92 Å².